The van der Waals surface area contributed by atoms with Crippen molar-refractivity contribution in [3.63, 3.8) is 0 Å². The molecular formula is C19H24N6S. The third kappa shape index (κ3) is 3.73. The van der Waals surface area contributed by atoms with Crippen LogP contribution < -0.4 is 10.2 Å². The predicted molar refractivity (Wildman–Crippen MR) is 107 cm³/mol. The number of aryl methyl sites for hydroxylation is 1. The Morgan fingerprint density at radius 3 is 2.50 bits per heavy atom. The minimum Gasteiger partial charge on any atom is -0.379 e. The molecule has 0 radical (unpaired) electrons. The Kier molecular flexibility index (Phi) is 4.90. The molecule has 1 aliphatic rings. The maximum Gasteiger partial charge on any atom is 0.218 e. The number of anilines is 2. The molecule has 1 fully saturated rings. The Morgan fingerprint density at radius 2 is 1.73 bits per heavy atom. The van der Waals surface area contributed by atoms with Gasteiger partial charge in [0, 0.05) is 43.8 Å². The van der Waals surface area contributed by atoms with Gasteiger partial charge in [0.1, 0.15) is 0 Å². The van der Waals surface area contributed by atoms with Gasteiger partial charge in [-0.15, -0.1) is 10.2 Å². The van der Waals surface area contributed by atoms with Crippen molar-refractivity contribution in [3.05, 3.63) is 53.9 Å². The van der Waals surface area contributed by atoms with Gasteiger partial charge in [0.2, 0.25) is 10.3 Å². The largest absolute Gasteiger partial charge is 0.379 e. The van der Waals surface area contributed by atoms with Gasteiger partial charge >= 0.3 is 0 Å². The molecule has 0 aliphatic carbocycles. The van der Waals surface area contributed by atoms with Gasteiger partial charge in [-0.1, -0.05) is 29.0 Å². The summed E-state index contributed by atoms with van der Waals surface area (Å²) < 4.78 is 2.12. The maximum atomic E-state index is 4.43. The molecule has 1 aliphatic heterocycles. The fourth-order valence-electron chi connectivity index (χ4n) is 3.04. The number of rotatable bonds is 5. The molecule has 0 bridgehead atoms. The third-order valence-corrected chi connectivity index (χ3v) is 5.73. The van der Waals surface area contributed by atoms with Crippen molar-refractivity contribution >= 4 is 22.2 Å². The molecule has 3 heterocycles. The quantitative estimate of drug-likeness (QED) is 0.750. The van der Waals surface area contributed by atoms with Crippen molar-refractivity contribution in [3.8, 4) is 5.13 Å². The molecule has 0 amide bonds. The van der Waals surface area contributed by atoms with E-state index in [1.807, 2.05) is 0 Å². The van der Waals surface area contributed by atoms with E-state index in [0.29, 0.717) is 0 Å². The van der Waals surface area contributed by atoms with Crippen LogP contribution in [0.1, 0.15) is 11.3 Å². The molecule has 26 heavy (non-hydrogen) atoms. The van der Waals surface area contributed by atoms with Crippen molar-refractivity contribution in [1.82, 2.24) is 19.7 Å². The van der Waals surface area contributed by atoms with E-state index >= 15 is 0 Å². The molecule has 1 N–H and O–H groups in total. The molecule has 0 atom stereocenters. The highest BCUT2D eigenvalue weighted by atomic mass is 32.1. The topological polar surface area (TPSA) is 49.2 Å². The lowest BCUT2D eigenvalue weighted by Crippen LogP contribution is -2.44. The summed E-state index contributed by atoms with van der Waals surface area (Å²) in [5, 5.41) is 14.3. The van der Waals surface area contributed by atoms with Crippen molar-refractivity contribution in [2.24, 2.45) is 0 Å². The van der Waals surface area contributed by atoms with Gasteiger partial charge in [-0.25, -0.2) is 0 Å². The van der Waals surface area contributed by atoms with Gasteiger partial charge in [0.15, 0.2) is 0 Å². The Balaban J connectivity index is 1.45. The highest BCUT2D eigenvalue weighted by Crippen LogP contribution is 2.25. The first-order valence-electron chi connectivity index (χ1n) is 8.93. The van der Waals surface area contributed by atoms with Gasteiger partial charge in [-0.2, -0.15) is 0 Å². The smallest absolute Gasteiger partial charge is 0.218 e. The van der Waals surface area contributed by atoms with Gasteiger partial charge < -0.3 is 15.1 Å². The van der Waals surface area contributed by atoms with Crippen LogP contribution in [0.4, 0.5) is 10.8 Å². The van der Waals surface area contributed by atoms with Crippen LogP contribution in [0, 0.1) is 6.92 Å². The number of nitrogens with one attached hydrogen (secondary N) is 1. The molecule has 7 heteroatoms. The van der Waals surface area contributed by atoms with Gasteiger partial charge in [0.05, 0.1) is 6.54 Å². The fourth-order valence-corrected chi connectivity index (χ4v) is 3.96. The second kappa shape index (κ2) is 7.47. The van der Waals surface area contributed by atoms with E-state index < -0.39 is 0 Å². The molecular weight excluding hydrogens is 344 g/mol. The third-order valence-electron chi connectivity index (χ3n) is 4.74. The maximum absolute atomic E-state index is 4.43. The zero-order valence-corrected chi connectivity index (χ0v) is 16.0. The molecule has 0 unspecified atom stereocenters. The lowest BCUT2D eigenvalue weighted by atomic mass is 10.2. The number of likely N-dealkylation sites (N-methyl/N-ethyl adjacent to an activating group) is 1. The zero-order chi connectivity index (χ0) is 17.9. The number of hydrogen-bond acceptors (Lipinski definition) is 6. The first kappa shape index (κ1) is 17.1. The predicted octanol–water partition coefficient (Wildman–Crippen LogP) is 3.00. The summed E-state index contributed by atoms with van der Waals surface area (Å²) in [4.78, 5) is 4.67. The lowest BCUT2D eigenvalue weighted by Gasteiger charge is -2.31. The normalized spacial score (nSPS) is 15.4. The van der Waals surface area contributed by atoms with E-state index in [2.05, 4.69) is 86.4 Å². The molecule has 1 saturated heterocycles. The monoisotopic (exact) mass is 368 g/mol. The van der Waals surface area contributed by atoms with Crippen LogP contribution in [0.5, 0.6) is 0 Å². The van der Waals surface area contributed by atoms with Crippen LogP contribution in [0.3, 0.4) is 0 Å². The standard InChI is InChI=1S/C19H24N6S/c1-15-5-7-16(8-6-15)20-14-17-4-3-9-25(17)19-22-21-18(26-19)24-12-10-23(2)11-13-24/h3-9,20H,10-14H2,1-2H3. The van der Waals surface area contributed by atoms with Crippen LogP contribution in [0.15, 0.2) is 42.6 Å². The average Bonchev–Trinajstić information content (AvgIpc) is 3.31. The summed E-state index contributed by atoms with van der Waals surface area (Å²) in [5.41, 5.74) is 3.56. The SMILES string of the molecule is Cc1ccc(NCc2cccn2-c2nnc(N3CCN(C)CC3)s2)cc1. The van der Waals surface area contributed by atoms with Crippen LogP contribution in [0.25, 0.3) is 5.13 Å². The zero-order valence-electron chi connectivity index (χ0n) is 15.2. The number of aromatic nitrogens is 3. The minimum atomic E-state index is 0.749. The molecule has 4 rings (SSSR count). The highest BCUT2D eigenvalue weighted by Gasteiger charge is 2.19. The number of nitrogens with zero attached hydrogens (tertiary/aromatic N) is 5. The second-order valence-corrected chi connectivity index (χ2v) is 7.68. The van der Waals surface area contributed by atoms with E-state index in [4.69, 9.17) is 0 Å². The summed E-state index contributed by atoms with van der Waals surface area (Å²) in [6, 6.07) is 12.6. The number of hydrogen-bond donors (Lipinski definition) is 1. The van der Waals surface area contributed by atoms with Gasteiger partial charge in [-0.3, -0.25) is 4.57 Å². The summed E-state index contributed by atoms with van der Waals surface area (Å²) in [5.74, 6) is 0. The Morgan fingerprint density at radius 1 is 1.00 bits per heavy atom. The van der Waals surface area contributed by atoms with Gasteiger partial charge in [-0.05, 0) is 38.2 Å². The summed E-state index contributed by atoms with van der Waals surface area (Å²) in [6.45, 7) is 7.02. The molecule has 3 aromatic rings. The van der Waals surface area contributed by atoms with Crippen molar-refractivity contribution in [2.45, 2.75) is 13.5 Å². The first-order chi connectivity index (χ1) is 12.7. The van der Waals surface area contributed by atoms with Crippen molar-refractivity contribution in [1.29, 1.82) is 0 Å². The molecule has 1 aromatic carbocycles. The Bertz CT molecular complexity index is 845. The lowest BCUT2D eigenvalue weighted by molar-refractivity contribution is 0.312. The molecule has 6 nitrogen and oxygen atoms in total. The van der Waals surface area contributed by atoms with Crippen molar-refractivity contribution in [2.75, 3.05) is 43.4 Å². The Labute approximate surface area is 158 Å². The van der Waals surface area contributed by atoms with E-state index in [0.717, 1.165) is 48.7 Å². The van der Waals surface area contributed by atoms with Crippen LogP contribution in [-0.2, 0) is 6.54 Å². The van der Waals surface area contributed by atoms with Gasteiger partial charge in [0.25, 0.3) is 0 Å². The first-order valence-corrected chi connectivity index (χ1v) is 9.75. The van der Waals surface area contributed by atoms with E-state index in [1.54, 1.807) is 11.3 Å². The van der Waals surface area contributed by atoms with Crippen LogP contribution in [0.2, 0.25) is 0 Å². The second-order valence-electron chi connectivity index (χ2n) is 6.75. The number of benzene rings is 1. The highest BCUT2D eigenvalue weighted by molar-refractivity contribution is 7.17. The Hall–Kier alpha value is -2.38. The van der Waals surface area contributed by atoms with Crippen LogP contribution in [-0.4, -0.2) is 52.9 Å². The van der Waals surface area contributed by atoms with E-state index in [1.165, 1.54) is 11.3 Å². The minimum absolute atomic E-state index is 0.749. The van der Waals surface area contributed by atoms with Crippen molar-refractivity contribution < 1.29 is 0 Å². The van der Waals surface area contributed by atoms with E-state index in [9.17, 15) is 0 Å². The molecule has 2 aromatic heterocycles. The van der Waals surface area contributed by atoms with Crippen LogP contribution >= 0.6 is 11.3 Å². The summed E-state index contributed by atoms with van der Waals surface area (Å²) >= 11 is 1.66. The molecule has 136 valence electrons. The molecule has 0 saturated carbocycles. The molecule has 0 spiro atoms. The summed E-state index contributed by atoms with van der Waals surface area (Å²) in [6.07, 6.45) is 2.06. The average molecular weight is 369 g/mol. The fraction of sp³-hybridized carbons (Fsp3) is 0.368. The van der Waals surface area contributed by atoms with E-state index in [-0.39, 0.29) is 0 Å². The summed E-state index contributed by atoms with van der Waals surface area (Å²) in [7, 11) is 2.16. The number of piperazine rings is 1.